The van der Waals surface area contributed by atoms with Crippen LogP contribution in [0.2, 0.25) is 0 Å². The average Bonchev–Trinajstić information content (AvgIpc) is 2.29. The highest BCUT2D eigenvalue weighted by atomic mass is 32.2. The fourth-order valence-electron chi connectivity index (χ4n) is 1.54. The van der Waals surface area contributed by atoms with Crippen LogP contribution in [0.3, 0.4) is 0 Å². The number of ether oxygens (including phenoxy) is 1. The van der Waals surface area contributed by atoms with Crippen molar-refractivity contribution in [2.45, 2.75) is 23.3 Å². The van der Waals surface area contributed by atoms with E-state index in [1.54, 1.807) is 18.9 Å². The highest BCUT2D eigenvalue weighted by Gasteiger charge is 2.23. The first kappa shape index (κ1) is 11.4. The molecule has 0 bridgehead atoms. The maximum Gasteiger partial charge on any atom is 0.237 e. The van der Waals surface area contributed by atoms with Crippen LogP contribution in [-0.2, 0) is 9.53 Å². The maximum atomic E-state index is 11.5. The number of anilines is 1. The van der Waals surface area contributed by atoms with E-state index in [0.717, 1.165) is 16.1 Å². The van der Waals surface area contributed by atoms with Gasteiger partial charge in [0.05, 0.1) is 10.9 Å². The molecule has 1 heterocycles. The third-order valence-corrected chi connectivity index (χ3v) is 3.69. The Morgan fingerprint density at radius 2 is 2.31 bits per heavy atom. The van der Waals surface area contributed by atoms with Crippen molar-refractivity contribution in [3.05, 3.63) is 23.8 Å². The van der Waals surface area contributed by atoms with E-state index in [9.17, 15) is 4.79 Å². The molecule has 1 aromatic rings. The largest absolute Gasteiger partial charge is 0.363 e. The van der Waals surface area contributed by atoms with E-state index in [1.807, 2.05) is 25.1 Å². The molecule has 16 heavy (non-hydrogen) atoms. The van der Waals surface area contributed by atoms with Gasteiger partial charge in [-0.25, -0.2) is 0 Å². The lowest BCUT2D eigenvalue weighted by Crippen LogP contribution is -2.26. The average molecular weight is 238 g/mol. The van der Waals surface area contributed by atoms with Gasteiger partial charge in [-0.1, -0.05) is 6.07 Å². The second-order valence-corrected chi connectivity index (χ2v) is 5.04. The first-order chi connectivity index (χ1) is 7.61. The van der Waals surface area contributed by atoms with Gasteiger partial charge in [-0.05, 0) is 24.6 Å². The highest BCUT2D eigenvalue weighted by molar-refractivity contribution is 8.00. The number of amides is 1. The molecule has 0 fully saturated rings. The number of thioether (sulfide) groups is 1. The molecule has 0 aliphatic carbocycles. The Kier molecular flexibility index (Phi) is 3.18. The smallest absolute Gasteiger partial charge is 0.237 e. The van der Waals surface area contributed by atoms with Crippen LogP contribution in [0.4, 0.5) is 5.69 Å². The Morgan fingerprint density at radius 1 is 1.56 bits per heavy atom. The Hall–Kier alpha value is -1.04. The molecule has 2 unspecified atom stereocenters. The summed E-state index contributed by atoms with van der Waals surface area (Å²) in [6, 6.07) is 5.74. The van der Waals surface area contributed by atoms with Crippen LogP contribution in [0.25, 0.3) is 0 Å². The summed E-state index contributed by atoms with van der Waals surface area (Å²) >= 11 is 1.55. The standard InChI is InChI=1S/C11H14N2O2S/c1-6-11(14)13-8-5-7(10(12)15-2)3-4-9(8)16-6/h3-6,10H,12H2,1-2H3,(H,13,14). The Morgan fingerprint density at radius 3 is 3.00 bits per heavy atom. The van der Waals surface area contributed by atoms with Crippen LogP contribution in [-0.4, -0.2) is 18.3 Å². The van der Waals surface area contributed by atoms with Gasteiger partial charge in [-0.15, -0.1) is 11.8 Å². The lowest BCUT2D eigenvalue weighted by molar-refractivity contribution is -0.115. The van der Waals surface area contributed by atoms with Gasteiger partial charge in [-0.2, -0.15) is 0 Å². The molecule has 0 saturated heterocycles. The summed E-state index contributed by atoms with van der Waals surface area (Å²) in [6.45, 7) is 1.89. The molecule has 2 rings (SSSR count). The van der Waals surface area contributed by atoms with Crippen LogP contribution in [0.1, 0.15) is 18.7 Å². The Labute approximate surface area is 98.5 Å². The van der Waals surface area contributed by atoms with Crippen LogP contribution in [0.15, 0.2) is 23.1 Å². The van der Waals surface area contributed by atoms with Gasteiger partial charge in [0.25, 0.3) is 0 Å². The molecule has 0 radical (unpaired) electrons. The van der Waals surface area contributed by atoms with Crippen molar-refractivity contribution in [1.82, 2.24) is 0 Å². The number of hydrogen-bond acceptors (Lipinski definition) is 4. The van der Waals surface area contributed by atoms with Crippen molar-refractivity contribution in [2.24, 2.45) is 5.73 Å². The molecular formula is C11H14N2O2S. The topological polar surface area (TPSA) is 64.3 Å². The molecule has 1 aliphatic rings. The van der Waals surface area contributed by atoms with E-state index in [1.165, 1.54) is 0 Å². The minimum Gasteiger partial charge on any atom is -0.363 e. The van der Waals surface area contributed by atoms with Crippen molar-refractivity contribution in [3.63, 3.8) is 0 Å². The van der Waals surface area contributed by atoms with Crippen LogP contribution in [0, 0.1) is 0 Å². The number of carbonyl (C=O) groups is 1. The number of carbonyl (C=O) groups excluding carboxylic acids is 1. The third-order valence-electron chi connectivity index (χ3n) is 2.52. The van der Waals surface area contributed by atoms with E-state index >= 15 is 0 Å². The van der Waals surface area contributed by atoms with Crippen LogP contribution < -0.4 is 11.1 Å². The predicted molar refractivity (Wildman–Crippen MR) is 64.3 cm³/mol. The summed E-state index contributed by atoms with van der Waals surface area (Å²) in [7, 11) is 1.56. The summed E-state index contributed by atoms with van der Waals surface area (Å²) in [5.41, 5.74) is 7.42. The molecule has 4 nitrogen and oxygen atoms in total. The normalized spacial score (nSPS) is 21.2. The number of nitrogens with two attached hydrogens (primary N) is 1. The Balaban J connectivity index is 2.32. The van der Waals surface area contributed by atoms with Crippen LogP contribution >= 0.6 is 11.8 Å². The molecule has 86 valence electrons. The van der Waals surface area contributed by atoms with E-state index in [4.69, 9.17) is 10.5 Å². The molecule has 1 amide bonds. The van der Waals surface area contributed by atoms with Crippen molar-refractivity contribution >= 4 is 23.4 Å². The first-order valence-electron chi connectivity index (χ1n) is 5.01. The zero-order valence-electron chi connectivity index (χ0n) is 9.19. The van der Waals surface area contributed by atoms with Crippen molar-refractivity contribution in [2.75, 3.05) is 12.4 Å². The molecule has 1 aliphatic heterocycles. The minimum absolute atomic E-state index is 0.0284. The number of nitrogens with one attached hydrogen (secondary N) is 1. The Bertz CT molecular complexity index is 422. The van der Waals surface area contributed by atoms with E-state index in [0.29, 0.717) is 0 Å². The second-order valence-electron chi connectivity index (χ2n) is 3.66. The lowest BCUT2D eigenvalue weighted by Gasteiger charge is -2.22. The molecule has 1 aromatic carbocycles. The highest BCUT2D eigenvalue weighted by Crippen LogP contribution is 2.36. The summed E-state index contributed by atoms with van der Waals surface area (Å²) in [6.07, 6.45) is -0.452. The minimum atomic E-state index is -0.452. The fourth-order valence-corrected chi connectivity index (χ4v) is 2.47. The first-order valence-corrected chi connectivity index (χ1v) is 5.89. The molecule has 5 heteroatoms. The van der Waals surface area contributed by atoms with Gasteiger partial charge in [-0.3, -0.25) is 4.79 Å². The molecule has 0 aromatic heterocycles. The summed E-state index contributed by atoms with van der Waals surface area (Å²) in [5.74, 6) is 0.0284. The van der Waals surface area contributed by atoms with Crippen molar-refractivity contribution < 1.29 is 9.53 Å². The number of fused-ring (bicyclic) bond motifs is 1. The third kappa shape index (κ3) is 2.07. The number of rotatable bonds is 2. The predicted octanol–water partition coefficient (Wildman–Crippen LogP) is 1.72. The summed E-state index contributed by atoms with van der Waals surface area (Å²) in [5, 5.41) is 2.81. The SMILES string of the molecule is COC(N)c1ccc2c(c1)NC(=O)C(C)S2. The van der Waals surface area contributed by atoms with Gasteiger partial charge in [0.1, 0.15) is 6.23 Å². The van der Waals surface area contributed by atoms with Gasteiger partial charge in [0.2, 0.25) is 5.91 Å². The van der Waals surface area contributed by atoms with Crippen LogP contribution in [0.5, 0.6) is 0 Å². The van der Waals surface area contributed by atoms with Gasteiger partial charge in [0.15, 0.2) is 0 Å². The maximum absolute atomic E-state index is 11.5. The van der Waals surface area contributed by atoms with E-state index in [2.05, 4.69) is 5.32 Å². The molecule has 3 N–H and O–H groups in total. The van der Waals surface area contributed by atoms with Gasteiger partial charge in [0, 0.05) is 12.0 Å². The number of methoxy groups -OCH3 is 1. The molecule has 0 saturated carbocycles. The van der Waals surface area contributed by atoms with Gasteiger partial charge >= 0.3 is 0 Å². The molecule has 2 atom stereocenters. The zero-order valence-corrected chi connectivity index (χ0v) is 10.0. The molecule has 0 spiro atoms. The quantitative estimate of drug-likeness (QED) is 0.770. The second kappa shape index (κ2) is 4.45. The number of benzene rings is 1. The van der Waals surface area contributed by atoms with Gasteiger partial charge < -0.3 is 15.8 Å². The molecular weight excluding hydrogens is 224 g/mol. The summed E-state index contributed by atoms with van der Waals surface area (Å²) in [4.78, 5) is 12.6. The summed E-state index contributed by atoms with van der Waals surface area (Å²) < 4.78 is 5.03. The fraction of sp³-hybridized carbons (Fsp3) is 0.364. The van der Waals surface area contributed by atoms with Crippen molar-refractivity contribution in [3.8, 4) is 0 Å². The van der Waals surface area contributed by atoms with Crippen molar-refractivity contribution in [1.29, 1.82) is 0 Å². The number of hydrogen-bond donors (Lipinski definition) is 2. The lowest BCUT2D eigenvalue weighted by atomic mass is 10.1. The zero-order chi connectivity index (χ0) is 11.7. The van der Waals surface area contributed by atoms with E-state index < -0.39 is 6.23 Å². The van der Waals surface area contributed by atoms with E-state index in [-0.39, 0.29) is 11.2 Å². The monoisotopic (exact) mass is 238 g/mol.